The topological polar surface area (TPSA) is 87.5 Å². The van der Waals surface area contributed by atoms with Gasteiger partial charge in [-0.05, 0) is 31.5 Å². The molecule has 0 aliphatic carbocycles. The fraction of sp³-hybridized carbons (Fsp3) is 0.312. The van der Waals surface area contributed by atoms with Crippen LogP contribution in [0.15, 0.2) is 28.8 Å². The third-order valence-electron chi connectivity index (χ3n) is 3.90. The van der Waals surface area contributed by atoms with Gasteiger partial charge in [-0.3, -0.25) is 4.79 Å². The maximum absolute atomic E-state index is 13.5. The maximum Gasteiger partial charge on any atom is 0.323 e. The molecule has 7 nitrogen and oxygen atoms in total. The van der Waals surface area contributed by atoms with E-state index in [0.717, 1.165) is 0 Å². The minimum Gasteiger partial charge on any atom is -0.359 e. The number of carbonyl (C=O) groups is 2. The number of benzene rings is 1. The number of aromatic nitrogens is 1. The van der Waals surface area contributed by atoms with E-state index in [-0.39, 0.29) is 5.91 Å². The van der Waals surface area contributed by atoms with Crippen LogP contribution in [0.5, 0.6) is 0 Å². The Morgan fingerprint density at radius 3 is 2.92 bits per heavy atom. The van der Waals surface area contributed by atoms with E-state index in [1.54, 1.807) is 19.9 Å². The van der Waals surface area contributed by atoms with Crippen LogP contribution in [0.3, 0.4) is 0 Å². The Bertz CT molecular complexity index is 770. The molecule has 1 aromatic heterocycles. The van der Waals surface area contributed by atoms with E-state index in [0.29, 0.717) is 35.8 Å². The van der Waals surface area contributed by atoms with Crippen molar-refractivity contribution in [1.82, 2.24) is 15.4 Å². The Balaban J connectivity index is 1.89. The van der Waals surface area contributed by atoms with E-state index >= 15 is 0 Å². The van der Waals surface area contributed by atoms with E-state index < -0.39 is 17.9 Å². The van der Waals surface area contributed by atoms with Crippen molar-refractivity contribution < 1.29 is 18.5 Å². The van der Waals surface area contributed by atoms with Gasteiger partial charge >= 0.3 is 6.03 Å². The normalized spacial score (nSPS) is 17.5. The molecule has 1 fully saturated rings. The Morgan fingerprint density at radius 1 is 1.46 bits per heavy atom. The minimum absolute atomic E-state index is 0.308. The maximum atomic E-state index is 13.5. The molecule has 3 amide bonds. The lowest BCUT2D eigenvalue weighted by Crippen LogP contribution is -2.53. The second-order valence-corrected chi connectivity index (χ2v) is 5.57. The van der Waals surface area contributed by atoms with Crippen molar-refractivity contribution in [3.63, 3.8) is 0 Å². The molecule has 1 atom stereocenters. The third-order valence-corrected chi connectivity index (χ3v) is 3.90. The van der Waals surface area contributed by atoms with Crippen LogP contribution in [0, 0.1) is 19.7 Å². The highest BCUT2D eigenvalue weighted by atomic mass is 19.1. The molecule has 0 spiro atoms. The van der Waals surface area contributed by atoms with Gasteiger partial charge < -0.3 is 20.1 Å². The van der Waals surface area contributed by atoms with Crippen LogP contribution in [0.2, 0.25) is 0 Å². The van der Waals surface area contributed by atoms with Crippen LogP contribution in [-0.4, -0.2) is 35.1 Å². The first-order valence-corrected chi connectivity index (χ1v) is 7.51. The first-order valence-electron chi connectivity index (χ1n) is 7.51. The molecule has 3 rings (SSSR count). The molecule has 1 aliphatic heterocycles. The Hall–Kier alpha value is -2.90. The summed E-state index contributed by atoms with van der Waals surface area (Å²) < 4.78 is 18.5. The molecule has 126 valence electrons. The number of hydrogen-bond acceptors (Lipinski definition) is 4. The average Bonchev–Trinajstić information content (AvgIpc) is 2.86. The average molecular weight is 332 g/mol. The molecule has 0 radical (unpaired) electrons. The quantitative estimate of drug-likeness (QED) is 0.882. The number of piperazine rings is 1. The summed E-state index contributed by atoms with van der Waals surface area (Å²) >= 11 is 0. The predicted molar refractivity (Wildman–Crippen MR) is 83.9 cm³/mol. The number of urea groups is 1. The Morgan fingerprint density at radius 2 is 2.25 bits per heavy atom. The standard InChI is InChI=1S/C16H17FN4O3/c1-9-13(10(2)24-20-9)19-16(23)21-7-6-18-15(22)14(21)11-4-3-5-12(17)8-11/h3-5,8,14H,6-7H2,1-2H3,(H,18,22)(H,19,23)/t14-/m1/s1. The summed E-state index contributed by atoms with van der Waals surface area (Å²) in [5, 5.41) is 9.20. The van der Waals surface area contributed by atoms with Crippen molar-refractivity contribution in [2.75, 3.05) is 18.4 Å². The van der Waals surface area contributed by atoms with Crippen molar-refractivity contribution in [1.29, 1.82) is 0 Å². The number of amides is 3. The fourth-order valence-electron chi connectivity index (χ4n) is 2.73. The molecule has 1 aliphatic rings. The summed E-state index contributed by atoms with van der Waals surface area (Å²) in [5.74, 6) is -0.331. The monoisotopic (exact) mass is 332 g/mol. The zero-order chi connectivity index (χ0) is 17.3. The molecule has 24 heavy (non-hydrogen) atoms. The van der Waals surface area contributed by atoms with Crippen LogP contribution >= 0.6 is 0 Å². The molecule has 2 aromatic rings. The highest BCUT2D eigenvalue weighted by molar-refractivity contribution is 5.95. The number of aryl methyl sites for hydroxylation is 2. The van der Waals surface area contributed by atoms with Crippen LogP contribution in [-0.2, 0) is 4.79 Å². The van der Waals surface area contributed by atoms with Crippen molar-refractivity contribution in [2.24, 2.45) is 0 Å². The van der Waals surface area contributed by atoms with E-state index in [2.05, 4.69) is 15.8 Å². The molecule has 2 N–H and O–H groups in total. The van der Waals surface area contributed by atoms with Gasteiger partial charge in [-0.15, -0.1) is 0 Å². The SMILES string of the molecule is Cc1noc(C)c1NC(=O)N1CCNC(=O)[C@H]1c1cccc(F)c1. The van der Waals surface area contributed by atoms with Crippen molar-refractivity contribution in [3.8, 4) is 0 Å². The number of hydrogen-bond donors (Lipinski definition) is 2. The van der Waals surface area contributed by atoms with Gasteiger partial charge in [-0.2, -0.15) is 0 Å². The number of halogens is 1. The van der Waals surface area contributed by atoms with Gasteiger partial charge in [0.1, 0.15) is 23.2 Å². The molecule has 8 heteroatoms. The molecule has 2 heterocycles. The van der Waals surface area contributed by atoms with Crippen LogP contribution in [0.25, 0.3) is 0 Å². The number of carbonyl (C=O) groups excluding carboxylic acids is 2. The molecule has 0 bridgehead atoms. The second-order valence-electron chi connectivity index (χ2n) is 5.57. The third kappa shape index (κ3) is 2.94. The molecular formula is C16H17FN4O3. The molecule has 0 saturated carbocycles. The van der Waals surface area contributed by atoms with Gasteiger partial charge in [0, 0.05) is 13.1 Å². The molecule has 1 saturated heterocycles. The van der Waals surface area contributed by atoms with Gasteiger partial charge in [0.15, 0.2) is 5.76 Å². The largest absolute Gasteiger partial charge is 0.359 e. The van der Waals surface area contributed by atoms with Crippen LogP contribution in [0.4, 0.5) is 14.9 Å². The van der Waals surface area contributed by atoms with Crippen LogP contribution < -0.4 is 10.6 Å². The lowest BCUT2D eigenvalue weighted by molar-refractivity contribution is -0.127. The van der Waals surface area contributed by atoms with Gasteiger partial charge in [0.05, 0.1) is 0 Å². The van der Waals surface area contributed by atoms with Crippen molar-refractivity contribution in [3.05, 3.63) is 47.1 Å². The van der Waals surface area contributed by atoms with E-state index in [1.165, 1.54) is 23.1 Å². The molecule has 0 unspecified atom stereocenters. The number of nitrogens with zero attached hydrogens (tertiary/aromatic N) is 2. The lowest BCUT2D eigenvalue weighted by Gasteiger charge is -2.35. The summed E-state index contributed by atoms with van der Waals surface area (Å²) in [6.45, 7) is 4.03. The van der Waals surface area contributed by atoms with Crippen molar-refractivity contribution >= 4 is 17.6 Å². The van der Waals surface area contributed by atoms with Gasteiger partial charge in [-0.1, -0.05) is 17.3 Å². The molecule has 1 aromatic carbocycles. The van der Waals surface area contributed by atoms with Crippen LogP contribution in [0.1, 0.15) is 23.1 Å². The zero-order valence-electron chi connectivity index (χ0n) is 13.3. The summed E-state index contributed by atoms with van der Waals surface area (Å²) in [7, 11) is 0. The lowest BCUT2D eigenvalue weighted by atomic mass is 10.0. The summed E-state index contributed by atoms with van der Waals surface area (Å²) in [4.78, 5) is 26.3. The smallest absolute Gasteiger partial charge is 0.323 e. The van der Waals surface area contributed by atoms with Crippen molar-refractivity contribution in [2.45, 2.75) is 19.9 Å². The first-order chi connectivity index (χ1) is 11.5. The zero-order valence-corrected chi connectivity index (χ0v) is 13.3. The number of nitrogens with one attached hydrogen (secondary N) is 2. The highest BCUT2D eigenvalue weighted by Gasteiger charge is 2.35. The number of anilines is 1. The second kappa shape index (κ2) is 6.31. The summed E-state index contributed by atoms with van der Waals surface area (Å²) in [6, 6.07) is 4.32. The van der Waals surface area contributed by atoms with Gasteiger partial charge in [-0.25, -0.2) is 9.18 Å². The van der Waals surface area contributed by atoms with E-state index in [9.17, 15) is 14.0 Å². The summed E-state index contributed by atoms with van der Waals surface area (Å²) in [5.41, 5.74) is 1.44. The predicted octanol–water partition coefficient (Wildman–Crippen LogP) is 2.14. The Labute approximate surface area is 137 Å². The summed E-state index contributed by atoms with van der Waals surface area (Å²) in [6.07, 6.45) is 0. The fourth-order valence-corrected chi connectivity index (χ4v) is 2.73. The molecular weight excluding hydrogens is 315 g/mol. The number of rotatable bonds is 2. The van der Waals surface area contributed by atoms with E-state index in [1.807, 2.05) is 0 Å². The van der Waals surface area contributed by atoms with E-state index in [4.69, 9.17) is 4.52 Å². The minimum atomic E-state index is -0.894. The van der Waals surface area contributed by atoms with Gasteiger partial charge in [0.2, 0.25) is 5.91 Å². The Kier molecular flexibility index (Phi) is 4.20. The van der Waals surface area contributed by atoms with Gasteiger partial charge in [0.25, 0.3) is 0 Å². The highest BCUT2D eigenvalue weighted by Crippen LogP contribution is 2.26. The first kappa shape index (κ1) is 16.0.